The number of aryl methyl sites for hydroxylation is 1. The van der Waals surface area contributed by atoms with Crippen molar-refractivity contribution in [3.8, 4) is 0 Å². The zero-order valence-corrected chi connectivity index (χ0v) is 13.2. The molecule has 1 aromatic heterocycles. The van der Waals surface area contributed by atoms with Crippen LogP contribution in [0.4, 0.5) is 0 Å². The van der Waals surface area contributed by atoms with Gasteiger partial charge in [-0.15, -0.1) is 11.3 Å². The highest BCUT2D eigenvalue weighted by molar-refractivity contribution is 7.09. The summed E-state index contributed by atoms with van der Waals surface area (Å²) in [5, 5.41) is 5.67. The lowest BCUT2D eigenvalue weighted by molar-refractivity contribution is 0.0935. The first-order valence-electron chi connectivity index (χ1n) is 7.18. The predicted octanol–water partition coefficient (Wildman–Crippen LogP) is 2.70. The van der Waals surface area contributed by atoms with E-state index in [0.717, 1.165) is 17.0 Å². The highest BCUT2D eigenvalue weighted by atomic mass is 32.1. The molecule has 0 radical (unpaired) electrons. The fourth-order valence-electron chi connectivity index (χ4n) is 2.05. The van der Waals surface area contributed by atoms with Gasteiger partial charge in [-0.25, -0.2) is 4.98 Å². The third-order valence-corrected chi connectivity index (χ3v) is 4.29. The number of amides is 1. The fourth-order valence-corrected chi connectivity index (χ4v) is 2.84. The van der Waals surface area contributed by atoms with Crippen molar-refractivity contribution < 1.29 is 4.79 Å². The van der Waals surface area contributed by atoms with Crippen LogP contribution in [0.25, 0.3) is 0 Å². The summed E-state index contributed by atoms with van der Waals surface area (Å²) < 4.78 is 0. The number of thiazole rings is 1. The Labute approximate surface area is 129 Å². The number of nitrogens with one attached hydrogen (secondary N) is 1. The molecule has 1 atom stereocenters. The molecule has 3 N–H and O–H groups in total. The first-order valence-corrected chi connectivity index (χ1v) is 8.06. The molecule has 0 fully saturated rings. The Balaban J connectivity index is 1.99. The van der Waals surface area contributed by atoms with E-state index in [1.54, 1.807) is 5.38 Å². The Hall–Kier alpha value is -1.72. The van der Waals surface area contributed by atoms with E-state index in [-0.39, 0.29) is 11.9 Å². The second kappa shape index (κ2) is 7.33. The van der Waals surface area contributed by atoms with E-state index in [0.29, 0.717) is 18.7 Å². The molecule has 0 saturated carbocycles. The van der Waals surface area contributed by atoms with Crippen molar-refractivity contribution >= 4 is 17.2 Å². The van der Waals surface area contributed by atoms with Crippen LogP contribution in [0.5, 0.6) is 0 Å². The Kier molecular flexibility index (Phi) is 5.47. The third kappa shape index (κ3) is 4.12. The molecule has 0 spiro atoms. The smallest absolute Gasteiger partial charge is 0.271 e. The molecule has 1 heterocycles. The average molecular weight is 303 g/mol. The van der Waals surface area contributed by atoms with Crippen LogP contribution in [0.1, 0.15) is 46.5 Å². The molecule has 2 rings (SSSR count). The first-order chi connectivity index (χ1) is 10.1. The Morgan fingerprint density at radius 2 is 2.10 bits per heavy atom. The molecule has 0 aliphatic rings. The zero-order valence-electron chi connectivity index (χ0n) is 12.4. The number of hydrogen-bond acceptors (Lipinski definition) is 4. The van der Waals surface area contributed by atoms with Crippen LogP contribution in [0, 0.1) is 0 Å². The predicted molar refractivity (Wildman–Crippen MR) is 86.6 cm³/mol. The molecule has 112 valence electrons. The van der Waals surface area contributed by atoms with Gasteiger partial charge in [-0.1, -0.05) is 31.2 Å². The van der Waals surface area contributed by atoms with Gasteiger partial charge in [-0.3, -0.25) is 4.79 Å². The Morgan fingerprint density at radius 3 is 2.71 bits per heavy atom. The molecule has 0 bridgehead atoms. The second-order valence-corrected chi connectivity index (χ2v) is 5.90. The van der Waals surface area contributed by atoms with Crippen LogP contribution in [0.2, 0.25) is 0 Å². The Bertz CT molecular complexity index is 592. The average Bonchev–Trinajstić information content (AvgIpc) is 2.96. The zero-order chi connectivity index (χ0) is 15.2. The maximum absolute atomic E-state index is 12.2. The van der Waals surface area contributed by atoms with E-state index in [2.05, 4.69) is 41.5 Å². The van der Waals surface area contributed by atoms with Gasteiger partial charge in [0, 0.05) is 11.8 Å². The van der Waals surface area contributed by atoms with Crippen LogP contribution in [-0.2, 0) is 12.8 Å². The summed E-state index contributed by atoms with van der Waals surface area (Å²) in [6.07, 6.45) is 1.73. The summed E-state index contributed by atoms with van der Waals surface area (Å²) in [4.78, 5) is 16.5. The van der Waals surface area contributed by atoms with Crippen LogP contribution >= 0.6 is 11.3 Å². The fraction of sp³-hybridized carbons (Fsp3) is 0.375. The van der Waals surface area contributed by atoms with E-state index in [1.807, 2.05) is 6.92 Å². The van der Waals surface area contributed by atoms with Gasteiger partial charge in [-0.2, -0.15) is 0 Å². The largest absolute Gasteiger partial charge is 0.344 e. The van der Waals surface area contributed by atoms with Crippen molar-refractivity contribution in [1.82, 2.24) is 10.3 Å². The third-order valence-electron chi connectivity index (χ3n) is 3.38. The monoisotopic (exact) mass is 303 g/mol. The van der Waals surface area contributed by atoms with E-state index in [1.165, 1.54) is 16.9 Å². The van der Waals surface area contributed by atoms with E-state index in [9.17, 15) is 4.79 Å². The minimum Gasteiger partial charge on any atom is -0.344 e. The lowest BCUT2D eigenvalue weighted by Crippen LogP contribution is -2.27. The first kappa shape index (κ1) is 15.7. The van der Waals surface area contributed by atoms with Gasteiger partial charge in [-0.05, 0) is 31.0 Å². The number of carbonyl (C=O) groups is 1. The molecule has 4 nitrogen and oxygen atoms in total. The highest BCUT2D eigenvalue weighted by Gasteiger charge is 2.14. The number of aromatic nitrogens is 1. The van der Waals surface area contributed by atoms with E-state index in [4.69, 9.17) is 5.73 Å². The summed E-state index contributed by atoms with van der Waals surface area (Å²) in [6, 6.07) is 8.28. The highest BCUT2D eigenvalue weighted by Crippen LogP contribution is 2.16. The molecule has 0 aliphatic carbocycles. The maximum Gasteiger partial charge on any atom is 0.271 e. The molecule has 1 amide bonds. The van der Waals surface area contributed by atoms with Gasteiger partial charge in [0.1, 0.15) is 5.69 Å². The lowest BCUT2D eigenvalue weighted by Gasteiger charge is -2.14. The molecule has 1 unspecified atom stereocenters. The number of hydrogen-bond donors (Lipinski definition) is 2. The normalized spacial score (nSPS) is 12.1. The number of nitrogens with zero attached hydrogens (tertiary/aromatic N) is 1. The van der Waals surface area contributed by atoms with Gasteiger partial charge in [0.15, 0.2) is 0 Å². The maximum atomic E-state index is 12.2. The van der Waals surface area contributed by atoms with Gasteiger partial charge in [0.05, 0.1) is 11.0 Å². The summed E-state index contributed by atoms with van der Waals surface area (Å²) in [6.45, 7) is 4.65. The minimum atomic E-state index is -0.137. The number of nitrogens with two attached hydrogens (primary N) is 1. The minimum absolute atomic E-state index is 0.0388. The summed E-state index contributed by atoms with van der Waals surface area (Å²) in [7, 11) is 0. The van der Waals surface area contributed by atoms with Crippen molar-refractivity contribution in [2.45, 2.75) is 32.7 Å². The summed E-state index contributed by atoms with van der Waals surface area (Å²) in [5.41, 5.74) is 8.36. The lowest BCUT2D eigenvalue weighted by atomic mass is 10.0. The van der Waals surface area contributed by atoms with Gasteiger partial charge in [0.2, 0.25) is 0 Å². The van der Waals surface area contributed by atoms with Crippen molar-refractivity contribution in [3.05, 3.63) is 51.5 Å². The summed E-state index contributed by atoms with van der Waals surface area (Å²) >= 11 is 1.48. The van der Waals surface area contributed by atoms with Crippen LogP contribution < -0.4 is 11.1 Å². The van der Waals surface area contributed by atoms with E-state index < -0.39 is 0 Å². The van der Waals surface area contributed by atoms with Gasteiger partial charge >= 0.3 is 0 Å². The van der Waals surface area contributed by atoms with E-state index >= 15 is 0 Å². The van der Waals surface area contributed by atoms with Crippen molar-refractivity contribution in [2.24, 2.45) is 5.73 Å². The van der Waals surface area contributed by atoms with Crippen molar-refractivity contribution in [2.75, 3.05) is 6.54 Å². The number of rotatable bonds is 6. The molecule has 0 aliphatic heterocycles. The molecule has 0 saturated heterocycles. The second-order valence-electron chi connectivity index (χ2n) is 4.96. The summed E-state index contributed by atoms with van der Waals surface area (Å²) in [5.74, 6) is -0.137. The number of carbonyl (C=O) groups excluding carboxylic acids is 1. The molecule has 5 heteroatoms. The molecular weight excluding hydrogens is 282 g/mol. The van der Waals surface area contributed by atoms with Crippen LogP contribution in [-0.4, -0.2) is 17.4 Å². The molecule has 1 aromatic carbocycles. The van der Waals surface area contributed by atoms with Crippen LogP contribution in [0.15, 0.2) is 29.6 Å². The topological polar surface area (TPSA) is 68.0 Å². The van der Waals surface area contributed by atoms with Crippen molar-refractivity contribution in [3.63, 3.8) is 0 Å². The van der Waals surface area contributed by atoms with Crippen LogP contribution in [0.3, 0.4) is 0 Å². The standard InChI is InChI=1S/C16H21N3OS/c1-3-12-4-6-13(7-5-12)11(2)18-16(20)14-10-21-15(19-14)8-9-17/h4-7,10-11H,3,8-9,17H2,1-2H3,(H,18,20). The van der Waals surface area contributed by atoms with Crippen molar-refractivity contribution in [1.29, 1.82) is 0 Å². The number of benzene rings is 1. The van der Waals surface area contributed by atoms with Gasteiger partial charge in [0.25, 0.3) is 5.91 Å². The quantitative estimate of drug-likeness (QED) is 0.862. The molecule has 21 heavy (non-hydrogen) atoms. The Morgan fingerprint density at radius 1 is 1.38 bits per heavy atom. The SMILES string of the molecule is CCc1ccc(C(C)NC(=O)c2csc(CCN)n2)cc1. The molecular formula is C16H21N3OS. The molecule has 2 aromatic rings. The van der Waals surface area contributed by atoms with Gasteiger partial charge < -0.3 is 11.1 Å².